The zero-order valence-electron chi connectivity index (χ0n) is 13.9. The molecule has 3 rings (SSSR count). The van der Waals surface area contributed by atoms with Crippen molar-refractivity contribution >= 4 is 50.8 Å². The number of thiazole rings is 1. The van der Waals surface area contributed by atoms with Gasteiger partial charge in [-0.3, -0.25) is 4.79 Å². The van der Waals surface area contributed by atoms with Gasteiger partial charge in [0.15, 0.2) is 4.80 Å². The SMILES string of the molecule is COc1ccc(SCCC(=O)N=c2sc3cccc(Cl)c3n2C)cc1. The van der Waals surface area contributed by atoms with Gasteiger partial charge >= 0.3 is 0 Å². The van der Waals surface area contributed by atoms with Crippen molar-refractivity contribution in [1.29, 1.82) is 0 Å². The van der Waals surface area contributed by atoms with Gasteiger partial charge in [0.2, 0.25) is 5.91 Å². The molecule has 2 aromatic carbocycles. The van der Waals surface area contributed by atoms with E-state index in [1.165, 1.54) is 11.3 Å². The third-order valence-corrected chi connectivity index (χ3v) is 6.05. The number of carbonyl (C=O) groups is 1. The number of amides is 1. The van der Waals surface area contributed by atoms with Crippen LogP contribution in [0.25, 0.3) is 10.2 Å². The summed E-state index contributed by atoms with van der Waals surface area (Å²) in [7, 11) is 3.52. The molecule has 1 amide bonds. The molecule has 130 valence electrons. The number of para-hydroxylation sites is 1. The fraction of sp³-hybridized carbons (Fsp3) is 0.222. The van der Waals surface area contributed by atoms with Crippen LogP contribution in [0.3, 0.4) is 0 Å². The third kappa shape index (κ3) is 4.26. The second-order valence-electron chi connectivity index (χ2n) is 5.31. The van der Waals surface area contributed by atoms with E-state index in [2.05, 4.69) is 4.99 Å². The van der Waals surface area contributed by atoms with Gasteiger partial charge in [0, 0.05) is 24.1 Å². The quantitative estimate of drug-likeness (QED) is 0.600. The van der Waals surface area contributed by atoms with Crippen molar-refractivity contribution in [2.75, 3.05) is 12.9 Å². The molecular formula is C18H17ClN2O2S2. The van der Waals surface area contributed by atoms with E-state index in [1.807, 2.05) is 54.1 Å². The maximum atomic E-state index is 12.2. The molecule has 0 unspecified atom stereocenters. The van der Waals surface area contributed by atoms with Crippen molar-refractivity contribution in [1.82, 2.24) is 4.57 Å². The molecule has 0 aliphatic heterocycles. The minimum absolute atomic E-state index is 0.126. The number of benzene rings is 2. The second kappa shape index (κ2) is 8.08. The molecule has 0 aliphatic carbocycles. The van der Waals surface area contributed by atoms with Gasteiger partial charge in [-0.15, -0.1) is 11.8 Å². The number of ether oxygens (including phenoxy) is 1. The molecule has 7 heteroatoms. The number of aromatic nitrogens is 1. The fourth-order valence-corrected chi connectivity index (χ4v) is 4.62. The zero-order valence-corrected chi connectivity index (χ0v) is 16.2. The first-order chi connectivity index (χ1) is 12.1. The number of methoxy groups -OCH3 is 1. The number of rotatable bonds is 5. The summed E-state index contributed by atoms with van der Waals surface area (Å²) in [6.07, 6.45) is 0.388. The first kappa shape index (κ1) is 18.0. The van der Waals surface area contributed by atoms with Crippen molar-refractivity contribution in [3.05, 3.63) is 52.3 Å². The predicted octanol–water partition coefficient (Wildman–Crippen LogP) is 4.51. The standard InChI is InChI=1S/C18H17ClN2O2S2/c1-21-17-14(19)4-3-5-15(17)25-18(21)20-16(22)10-11-24-13-8-6-12(23-2)7-9-13/h3-9H,10-11H2,1-2H3. The first-order valence-electron chi connectivity index (χ1n) is 7.67. The number of hydrogen-bond donors (Lipinski definition) is 0. The molecule has 0 bridgehead atoms. The van der Waals surface area contributed by atoms with Crippen LogP contribution in [0.15, 0.2) is 52.4 Å². The smallest absolute Gasteiger partial charge is 0.249 e. The number of fused-ring (bicyclic) bond motifs is 1. The summed E-state index contributed by atoms with van der Waals surface area (Å²) in [4.78, 5) is 18.2. The lowest BCUT2D eigenvalue weighted by atomic mass is 10.3. The van der Waals surface area contributed by atoms with Crippen LogP contribution in [0.5, 0.6) is 5.75 Å². The summed E-state index contributed by atoms with van der Waals surface area (Å²) in [5.41, 5.74) is 0.910. The van der Waals surface area contributed by atoms with Crippen LogP contribution in [0.1, 0.15) is 6.42 Å². The molecule has 0 N–H and O–H groups in total. The van der Waals surface area contributed by atoms with Gasteiger partial charge in [0.05, 0.1) is 22.3 Å². The lowest BCUT2D eigenvalue weighted by molar-refractivity contribution is -0.117. The molecule has 0 saturated heterocycles. The van der Waals surface area contributed by atoms with E-state index in [9.17, 15) is 4.79 Å². The van der Waals surface area contributed by atoms with E-state index in [-0.39, 0.29) is 5.91 Å². The Labute approximate surface area is 159 Å². The average molecular weight is 393 g/mol. The molecule has 1 heterocycles. The Bertz CT molecular complexity index is 961. The van der Waals surface area contributed by atoms with Gasteiger partial charge < -0.3 is 9.30 Å². The molecule has 4 nitrogen and oxygen atoms in total. The summed E-state index contributed by atoms with van der Waals surface area (Å²) >= 11 is 9.33. The van der Waals surface area contributed by atoms with Gasteiger partial charge in [0.1, 0.15) is 5.75 Å². The normalized spacial score (nSPS) is 11.9. The number of nitrogens with zero attached hydrogens (tertiary/aromatic N) is 2. The third-order valence-electron chi connectivity index (χ3n) is 3.64. The molecule has 0 saturated carbocycles. The van der Waals surface area contributed by atoms with E-state index in [0.29, 0.717) is 22.0 Å². The Morgan fingerprint density at radius 3 is 2.72 bits per heavy atom. The highest BCUT2D eigenvalue weighted by Gasteiger charge is 2.08. The highest BCUT2D eigenvalue weighted by Crippen LogP contribution is 2.24. The van der Waals surface area contributed by atoms with Crippen LogP contribution >= 0.6 is 34.7 Å². The summed E-state index contributed by atoms with van der Waals surface area (Å²) in [5, 5.41) is 0.667. The second-order valence-corrected chi connectivity index (χ2v) is 7.89. The zero-order chi connectivity index (χ0) is 17.8. The van der Waals surface area contributed by atoms with E-state index < -0.39 is 0 Å². The van der Waals surface area contributed by atoms with Crippen LogP contribution in [0.2, 0.25) is 5.02 Å². The average Bonchev–Trinajstić information content (AvgIpc) is 2.92. The van der Waals surface area contributed by atoms with Crippen LogP contribution in [-0.2, 0) is 11.8 Å². The van der Waals surface area contributed by atoms with Crippen LogP contribution in [0, 0.1) is 0 Å². The van der Waals surface area contributed by atoms with E-state index in [0.717, 1.165) is 20.9 Å². The molecular weight excluding hydrogens is 376 g/mol. The van der Waals surface area contributed by atoms with Crippen molar-refractivity contribution < 1.29 is 9.53 Å². The molecule has 0 fully saturated rings. The van der Waals surface area contributed by atoms with Crippen molar-refractivity contribution in [2.24, 2.45) is 12.0 Å². The van der Waals surface area contributed by atoms with Gasteiger partial charge in [-0.2, -0.15) is 4.99 Å². The van der Waals surface area contributed by atoms with Crippen molar-refractivity contribution in [3.63, 3.8) is 0 Å². The fourth-order valence-electron chi connectivity index (χ4n) is 2.35. The Kier molecular flexibility index (Phi) is 5.83. The van der Waals surface area contributed by atoms with E-state index in [4.69, 9.17) is 16.3 Å². The Hall–Kier alpha value is -1.76. The number of aryl methyl sites for hydroxylation is 1. The number of carbonyl (C=O) groups excluding carboxylic acids is 1. The summed E-state index contributed by atoms with van der Waals surface area (Å²) in [6, 6.07) is 13.5. The maximum absolute atomic E-state index is 12.2. The minimum Gasteiger partial charge on any atom is -0.497 e. The van der Waals surface area contributed by atoms with Crippen LogP contribution < -0.4 is 9.54 Å². The Balaban J connectivity index is 1.66. The van der Waals surface area contributed by atoms with Crippen LogP contribution in [0.4, 0.5) is 0 Å². The molecule has 0 aliphatic rings. The summed E-state index contributed by atoms with van der Waals surface area (Å²) in [5.74, 6) is 1.38. The molecule has 0 spiro atoms. The Morgan fingerprint density at radius 1 is 1.28 bits per heavy atom. The predicted molar refractivity (Wildman–Crippen MR) is 105 cm³/mol. The lowest BCUT2D eigenvalue weighted by Crippen LogP contribution is -2.13. The molecule has 0 radical (unpaired) electrons. The maximum Gasteiger partial charge on any atom is 0.249 e. The largest absolute Gasteiger partial charge is 0.497 e. The highest BCUT2D eigenvalue weighted by atomic mass is 35.5. The monoisotopic (exact) mass is 392 g/mol. The molecule has 0 atom stereocenters. The van der Waals surface area contributed by atoms with Gasteiger partial charge in [-0.05, 0) is 36.4 Å². The molecule has 1 aromatic heterocycles. The van der Waals surface area contributed by atoms with Gasteiger partial charge in [-0.25, -0.2) is 0 Å². The first-order valence-corrected chi connectivity index (χ1v) is 9.85. The number of hydrogen-bond acceptors (Lipinski definition) is 4. The minimum atomic E-state index is -0.126. The topological polar surface area (TPSA) is 43.6 Å². The highest BCUT2D eigenvalue weighted by molar-refractivity contribution is 7.99. The summed E-state index contributed by atoms with van der Waals surface area (Å²) < 4.78 is 8.03. The van der Waals surface area contributed by atoms with E-state index in [1.54, 1.807) is 18.9 Å². The van der Waals surface area contributed by atoms with Crippen LogP contribution in [-0.4, -0.2) is 23.3 Å². The van der Waals surface area contributed by atoms with Gasteiger partial charge in [-0.1, -0.05) is 29.0 Å². The van der Waals surface area contributed by atoms with Gasteiger partial charge in [0.25, 0.3) is 0 Å². The molecule has 25 heavy (non-hydrogen) atoms. The Morgan fingerprint density at radius 2 is 2.04 bits per heavy atom. The van der Waals surface area contributed by atoms with E-state index >= 15 is 0 Å². The molecule has 3 aromatic rings. The lowest BCUT2D eigenvalue weighted by Gasteiger charge is -2.02. The number of halogens is 1. The number of thioether (sulfide) groups is 1. The van der Waals surface area contributed by atoms with Crippen molar-refractivity contribution in [2.45, 2.75) is 11.3 Å². The van der Waals surface area contributed by atoms with Crippen molar-refractivity contribution in [3.8, 4) is 5.75 Å². The summed E-state index contributed by atoms with van der Waals surface area (Å²) in [6.45, 7) is 0.